The van der Waals surface area contributed by atoms with Gasteiger partial charge in [-0.05, 0) is 69.4 Å². The standard InChI is InChI=1S/C45H55N5O8S/c1-57-39-26-37-34-23-30(39)17-9-4-2-7-14-20-41(51)47-35-19-13-6-3-5-12-18-31-27-45(31,44(54)49-59(55,56)33-21-22-33)48-42(52)38-24-32(28-50(38)43(35)53)58-40(34)25-36(46-37)29-15-10-8-11-16-29/h8,10-12,15-16,18,23,25-26,31-33,35,38H,2-7,9,13-14,17,19-22,24,27-28H2,1H3,(H,47,51)(H,48,52)(H,49,54)/t31-,32-,35+,38+,45-/m1/s1. The SMILES string of the molecule is COc1cc2nc(-c3ccccc3)cc3c2cc1CCCCCCCC(=O)N[C@H]1CCCCCC=C[C@@H]2C[C@@]2(C(=O)NS(=O)(=O)C2CC2)NC(=O)[C@@H]2C[C@H](CN2C1=O)O3. The van der Waals surface area contributed by atoms with E-state index in [9.17, 15) is 27.6 Å². The lowest BCUT2D eigenvalue weighted by molar-refractivity contribution is -0.142. The summed E-state index contributed by atoms with van der Waals surface area (Å²) in [6, 6.07) is 13.8. The lowest BCUT2D eigenvalue weighted by atomic mass is 10.0. The lowest BCUT2D eigenvalue weighted by Gasteiger charge is -2.30. The molecular weight excluding hydrogens is 771 g/mol. The van der Waals surface area contributed by atoms with Crippen LogP contribution in [0.3, 0.4) is 0 Å². The van der Waals surface area contributed by atoms with Crippen LogP contribution < -0.4 is 24.8 Å². The molecule has 3 fully saturated rings. The number of nitrogens with zero attached hydrogens (tertiary/aromatic N) is 2. The fourth-order valence-corrected chi connectivity index (χ4v) is 10.3. The smallest absolute Gasteiger partial charge is 0.259 e. The van der Waals surface area contributed by atoms with E-state index in [1.54, 1.807) is 7.11 Å². The van der Waals surface area contributed by atoms with Crippen LogP contribution in [0.4, 0.5) is 0 Å². The summed E-state index contributed by atoms with van der Waals surface area (Å²) in [6.07, 6.45) is 13.6. The summed E-state index contributed by atoms with van der Waals surface area (Å²) in [7, 11) is -2.23. The minimum absolute atomic E-state index is 0.0510. The molecule has 0 radical (unpaired) electrons. The van der Waals surface area contributed by atoms with Crippen molar-refractivity contribution in [2.24, 2.45) is 5.92 Å². The Morgan fingerprint density at radius 2 is 1.71 bits per heavy atom. The van der Waals surface area contributed by atoms with Gasteiger partial charge in [0.25, 0.3) is 5.91 Å². The van der Waals surface area contributed by atoms with Crippen molar-refractivity contribution in [1.82, 2.24) is 25.2 Å². The van der Waals surface area contributed by atoms with Gasteiger partial charge in [-0.3, -0.25) is 23.9 Å². The van der Waals surface area contributed by atoms with Gasteiger partial charge in [0, 0.05) is 41.8 Å². The molecule has 5 atom stereocenters. The number of allylic oxidation sites excluding steroid dienone is 1. The van der Waals surface area contributed by atoms with E-state index >= 15 is 0 Å². The van der Waals surface area contributed by atoms with E-state index in [-0.39, 0.29) is 31.2 Å². The zero-order valence-electron chi connectivity index (χ0n) is 33.7. The van der Waals surface area contributed by atoms with Crippen LogP contribution in [0.15, 0.2) is 60.7 Å². The highest BCUT2D eigenvalue weighted by Gasteiger charge is 2.62. The number of benzene rings is 2. The molecule has 59 heavy (non-hydrogen) atoms. The third kappa shape index (κ3) is 9.12. The highest BCUT2D eigenvalue weighted by Crippen LogP contribution is 2.46. The van der Waals surface area contributed by atoms with E-state index < -0.39 is 56.7 Å². The minimum Gasteiger partial charge on any atom is -0.496 e. The van der Waals surface area contributed by atoms with Crippen LogP contribution in [0.1, 0.15) is 102 Å². The molecule has 4 heterocycles. The number of methoxy groups -OCH3 is 1. The first kappa shape index (κ1) is 40.8. The van der Waals surface area contributed by atoms with Gasteiger partial charge in [-0.1, -0.05) is 74.6 Å². The maximum atomic E-state index is 14.8. The first-order chi connectivity index (χ1) is 28.5. The third-order valence-electron chi connectivity index (χ3n) is 12.6. The molecule has 8 rings (SSSR count). The van der Waals surface area contributed by atoms with E-state index in [0.717, 1.165) is 73.6 Å². The Hall–Kier alpha value is -4.98. The second kappa shape index (κ2) is 17.3. The number of carbonyl (C=O) groups excluding carboxylic acids is 4. The first-order valence-electron chi connectivity index (χ1n) is 21.4. The molecule has 3 N–H and O–H groups in total. The van der Waals surface area contributed by atoms with Crippen molar-refractivity contribution in [2.45, 2.75) is 132 Å². The summed E-state index contributed by atoms with van der Waals surface area (Å²) >= 11 is 0. The van der Waals surface area contributed by atoms with Crippen molar-refractivity contribution in [3.63, 3.8) is 0 Å². The van der Waals surface area contributed by atoms with Crippen LogP contribution in [0.25, 0.3) is 22.2 Å². The number of aryl methyl sites for hydroxylation is 1. The summed E-state index contributed by atoms with van der Waals surface area (Å²) in [4.78, 5) is 63.2. The molecule has 2 saturated carbocycles. The number of sulfonamides is 1. The Kier molecular flexibility index (Phi) is 12.0. The summed E-state index contributed by atoms with van der Waals surface area (Å²) < 4.78 is 40.9. The first-order valence-corrected chi connectivity index (χ1v) is 23.0. The normalized spacial score (nSPS) is 27.2. The van der Waals surface area contributed by atoms with Crippen molar-refractivity contribution in [1.29, 1.82) is 0 Å². The van der Waals surface area contributed by atoms with Gasteiger partial charge in [-0.2, -0.15) is 0 Å². The molecule has 1 saturated heterocycles. The van der Waals surface area contributed by atoms with Crippen LogP contribution in [-0.2, 0) is 35.6 Å². The van der Waals surface area contributed by atoms with Crippen LogP contribution >= 0.6 is 0 Å². The van der Waals surface area contributed by atoms with Crippen LogP contribution in [-0.4, -0.2) is 84.6 Å². The van der Waals surface area contributed by atoms with E-state index in [1.165, 1.54) is 4.90 Å². The number of ether oxygens (including phenoxy) is 2. The molecular formula is C45H55N5O8S. The highest BCUT2D eigenvalue weighted by atomic mass is 32.2. The van der Waals surface area contributed by atoms with Crippen molar-refractivity contribution in [3.8, 4) is 22.8 Å². The van der Waals surface area contributed by atoms with E-state index in [2.05, 4.69) is 21.4 Å². The Morgan fingerprint density at radius 1 is 0.949 bits per heavy atom. The van der Waals surface area contributed by atoms with Gasteiger partial charge in [0.2, 0.25) is 27.7 Å². The predicted octanol–water partition coefficient (Wildman–Crippen LogP) is 5.64. The van der Waals surface area contributed by atoms with Crippen molar-refractivity contribution in [2.75, 3.05) is 13.7 Å². The Balaban J connectivity index is 1.18. The monoisotopic (exact) mass is 825 g/mol. The molecule has 2 aromatic carbocycles. The largest absolute Gasteiger partial charge is 0.496 e. The van der Waals surface area contributed by atoms with Crippen molar-refractivity contribution >= 4 is 44.6 Å². The number of hydrogen-bond acceptors (Lipinski definition) is 9. The maximum absolute atomic E-state index is 14.8. The average molecular weight is 826 g/mol. The molecule has 2 aliphatic carbocycles. The number of pyridine rings is 1. The predicted molar refractivity (Wildman–Crippen MR) is 223 cm³/mol. The average Bonchev–Trinajstić information content (AvgIpc) is 4.15. The van der Waals surface area contributed by atoms with E-state index in [4.69, 9.17) is 14.5 Å². The molecule has 5 bridgehead atoms. The minimum atomic E-state index is -3.89. The molecule has 4 amide bonds. The summed E-state index contributed by atoms with van der Waals surface area (Å²) in [6.45, 7) is 0.0510. The van der Waals surface area contributed by atoms with Crippen LogP contribution in [0, 0.1) is 5.92 Å². The lowest BCUT2D eigenvalue weighted by Crippen LogP contribution is -2.58. The zero-order valence-corrected chi connectivity index (χ0v) is 34.6. The van der Waals surface area contributed by atoms with E-state index in [0.29, 0.717) is 55.5 Å². The van der Waals surface area contributed by atoms with Crippen molar-refractivity contribution in [3.05, 3.63) is 66.2 Å². The molecule has 14 heteroatoms. The Bertz CT molecular complexity index is 2230. The summed E-state index contributed by atoms with van der Waals surface area (Å²) in [5.41, 5.74) is 1.80. The highest BCUT2D eigenvalue weighted by molar-refractivity contribution is 7.91. The van der Waals surface area contributed by atoms with Gasteiger partial charge in [0.05, 0.1) is 30.1 Å². The number of carbonyl (C=O) groups is 4. The molecule has 3 aromatic rings. The van der Waals surface area contributed by atoms with Gasteiger partial charge >= 0.3 is 0 Å². The molecule has 5 aliphatic rings. The van der Waals surface area contributed by atoms with Gasteiger partial charge in [0.15, 0.2) is 0 Å². The number of fused-ring (bicyclic) bond motifs is 4. The molecule has 0 unspecified atom stereocenters. The fourth-order valence-electron chi connectivity index (χ4n) is 8.93. The summed E-state index contributed by atoms with van der Waals surface area (Å²) in [5.74, 6) is -1.03. The van der Waals surface area contributed by atoms with Gasteiger partial charge in [-0.15, -0.1) is 0 Å². The maximum Gasteiger partial charge on any atom is 0.259 e. The summed E-state index contributed by atoms with van der Waals surface area (Å²) in [5, 5.41) is 6.15. The number of aromatic nitrogens is 1. The molecule has 0 spiro atoms. The van der Waals surface area contributed by atoms with Gasteiger partial charge in [0.1, 0.15) is 35.2 Å². The molecule has 1 aromatic heterocycles. The number of nitrogens with one attached hydrogen (secondary N) is 3. The van der Waals surface area contributed by atoms with E-state index in [1.807, 2.05) is 54.6 Å². The Morgan fingerprint density at radius 3 is 2.49 bits per heavy atom. The van der Waals surface area contributed by atoms with Crippen LogP contribution in [0.2, 0.25) is 0 Å². The topological polar surface area (TPSA) is 173 Å². The fraction of sp³-hybridized carbons (Fsp3) is 0.533. The molecule has 3 aliphatic heterocycles. The molecule has 314 valence electrons. The zero-order chi connectivity index (χ0) is 41.1. The van der Waals surface area contributed by atoms with Crippen molar-refractivity contribution < 1.29 is 37.1 Å². The number of amides is 4. The Labute approximate surface area is 346 Å². The second-order valence-electron chi connectivity index (χ2n) is 16.9. The molecule has 13 nitrogen and oxygen atoms in total. The van der Waals surface area contributed by atoms with Gasteiger partial charge in [-0.25, -0.2) is 13.4 Å². The van der Waals surface area contributed by atoms with Gasteiger partial charge < -0.3 is 25.0 Å². The number of rotatable bonds is 5. The van der Waals surface area contributed by atoms with Crippen LogP contribution in [0.5, 0.6) is 11.5 Å². The quantitative estimate of drug-likeness (QED) is 0.275. The second-order valence-corrected chi connectivity index (χ2v) is 18.9. The number of hydrogen-bond donors (Lipinski definition) is 3. The third-order valence-corrected chi connectivity index (χ3v) is 14.4.